The molecule has 0 bridgehead atoms. The number of benzene rings is 1. The van der Waals surface area contributed by atoms with Gasteiger partial charge in [-0.25, -0.2) is 0 Å². The molecule has 0 aliphatic rings. The van der Waals surface area contributed by atoms with E-state index in [-0.39, 0.29) is 0 Å². The lowest BCUT2D eigenvalue weighted by Gasteiger charge is -2.07. The third kappa shape index (κ3) is 3.07. The van der Waals surface area contributed by atoms with Crippen molar-refractivity contribution in [2.75, 3.05) is 7.05 Å². The summed E-state index contributed by atoms with van der Waals surface area (Å²) in [5.74, 6) is 0.792. The van der Waals surface area contributed by atoms with Gasteiger partial charge in [0.1, 0.15) is 10.8 Å². The van der Waals surface area contributed by atoms with Crippen LogP contribution in [0.2, 0.25) is 0 Å². The Morgan fingerprint density at radius 1 is 1.28 bits per heavy atom. The second-order valence-electron chi connectivity index (χ2n) is 3.97. The van der Waals surface area contributed by atoms with Crippen LogP contribution in [-0.2, 0) is 6.54 Å². The summed E-state index contributed by atoms with van der Waals surface area (Å²) < 4.78 is 6.83. The van der Waals surface area contributed by atoms with Crippen molar-refractivity contribution in [2.24, 2.45) is 0 Å². The van der Waals surface area contributed by atoms with Crippen molar-refractivity contribution in [1.29, 1.82) is 0 Å². The molecule has 0 fully saturated rings. The zero-order valence-electron chi connectivity index (χ0n) is 10.5. The van der Waals surface area contributed by atoms with Gasteiger partial charge in [-0.2, -0.15) is 0 Å². The summed E-state index contributed by atoms with van der Waals surface area (Å²) in [6.45, 7) is 4.78. The quantitative estimate of drug-likeness (QED) is 0.934. The van der Waals surface area contributed by atoms with E-state index in [1.807, 2.05) is 33.0 Å². The molecule has 0 saturated carbocycles. The van der Waals surface area contributed by atoms with Crippen molar-refractivity contribution >= 4 is 27.3 Å². The molecule has 0 amide bonds. The highest BCUT2D eigenvalue weighted by molar-refractivity contribution is 9.10. The van der Waals surface area contributed by atoms with Crippen molar-refractivity contribution in [3.8, 4) is 10.9 Å². The lowest BCUT2D eigenvalue weighted by atomic mass is 10.1. The van der Waals surface area contributed by atoms with E-state index in [1.54, 1.807) is 0 Å². The fraction of sp³-hybridized carbons (Fsp3) is 0.333. The summed E-state index contributed by atoms with van der Waals surface area (Å²) in [7, 11) is 1.88. The first-order valence-corrected chi connectivity index (χ1v) is 7.12. The zero-order chi connectivity index (χ0) is 13.1. The van der Waals surface area contributed by atoms with E-state index in [4.69, 9.17) is 4.74 Å². The predicted molar refractivity (Wildman–Crippen MR) is 76.4 cm³/mol. The van der Waals surface area contributed by atoms with E-state index in [0.717, 1.165) is 26.4 Å². The Morgan fingerprint density at radius 3 is 2.56 bits per heavy atom. The summed E-state index contributed by atoms with van der Waals surface area (Å²) in [4.78, 5) is 0. The molecule has 1 N–H and O–H groups in total. The molecule has 0 spiro atoms. The molecule has 6 heteroatoms. The number of ether oxygens (including phenoxy) is 1. The molecule has 0 aliphatic heterocycles. The van der Waals surface area contributed by atoms with Crippen LogP contribution in [0.15, 0.2) is 16.6 Å². The minimum absolute atomic E-state index is 0.571. The second kappa shape index (κ2) is 5.77. The van der Waals surface area contributed by atoms with Gasteiger partial charge in [0.2, 0.25) is 0 Å². The van der Waals surface area contributed by atoms with Crippen molar-refractivity contribution in [2.45, 2.75) is 20.4 Å². The average Bonchev–Trinajstić information content (AvgIpc) is 2.74. The van der Waals surface area contributed by atoms with Crippen LogP contribution >= 0.6 is 27.3 Å². The number of rotatable bonds is 4. The first-order chi connectivity index (χ1) is 8.60. The molecule has 1 aromatic heterocycles. The normalized spacial score (nSPS) is 10.7. The first-order valence-electron chi connectivity index (χ1n) is 5.51. The first kappa shape index (κ1) is 13.5. The molecule has 96 valence electrons. The van der Waals surface area contributed by atoms with Crippen LogP contribution in [0.25, 0.3) is 0 Å². The Bertz CT molecular complexity index is 533. The summed E-state index contributed by atoms with van der Waals surface area (Å²) >= 11 is 4.98. The van der Waals surface area contributed by atoms with Gasteiger partial charge in [-0.1, -0.05) is 32.4 Å². The number of halogens is 1. The molecule has 4 nitrogen and oxygen atoms in total. The maximum Gasteiger partial charge on any atom is 0.299 e. The van der Waals surface area contributed by atoms with Gasteiger partial charge in [0.05, 0.1) is 0 Å². The molecule has 0 saturated heterocycles. The number of nitrogens with one attached hydrogen (secondary N) is 1. The minimum Gasteiger partial charge on any atom is -0.430 e. The second-order valence-corrected chi connectivity index (χ2v) is 5.78. The van der Waals surface area contributed by atoms with Gasteiger partial charge in [-0.3, -0.25) is 0 Å². The van der Waals surface area contributed by atoms with Gasteiger partial charge in [-0.15, -0.1) is 5.10 Å². The van der Waals surface area contributed by atoms with Crippen LogP contribution in [0.1, 0.15) is 16.1 Å². The predicted octanol–water partition coefficient (Wildman–Crippen LogP) is 3.43. The third-order valence-electron chi connectivity index (χ3n) is 2.39. The van der Waals surface area contributed by atoms with Crippen LogP contribution < -0.4 is 10.1 Å². The van der Waals surface area contributed by atoms with Gasteiger partial charge < -0.3 is 10.1 Å². The maximum atomic E-state index is 5.72. The highest BCUT2D eigenvalue weighted by Gasteiger charge is 2.08. The highest BCUT2D eigenvalue weighted by atomic mass is 79.9. The molecule has 0 unspecified atom stereocenters. The van der Waals surface area contributed by atoms with E-state index in [9.17, 15) is 0 Å². The lowest BCUT2D eigenvalue weighted by molar-refractivity contribution is 0.472. The Morgan fingerprint density at radius 2 is 1.94 bits per heavy atom. The van der Waals surface area contributed by atoms with Crippen LogP contribution in [0.4, 0.5) is 0 Å². The van der Waals surface area contributed by atoms with Crippen LogP contribution in [0.5, 0.6) is 10.9 Å². The van der Waals surface area contributed by atoms with Gasteiger partial charge in [0.15, 0.2) is 0 Å². The van der Waals surface area contributed by atoms with Crippen molar-refractivity contribution in [1.82, 2.24) is 15.5 Å². The largest absolute Gasteiger partial charge is 0.430 e. The van der Waals surface area contributed by atoms with Gasteiger partial charge in [0, 0.05) is 11.0 Å². The summed E-state index contributed by atoms with van der Waals surface area (Å²) in [5, 5.41) is 12.6. The fourth-order valence-corrected chi connectivity index (χ4v) is 2.52. The van der Waals surface area contributed by atoms with Crippen LogP contribution in [0.3, 0.4) is 0 Å². The van der Waals surface area contributed by atoms with Crippen molar-refractivity contribution in [3.05, 3.63) is 32.7 Å². The van der Waals surface area contributed by atoms with E-state index >= 15 is 0 Å². The summed E-state index contributed by atoms with van der Waals surface area (Å²) in [6, 6.07) is 3.96. The molecular weight excluding hydrogens is 314 g/mol. The third-order valence-corrected chi connectivity index (χ3v) is 4.44. The number of hydrogen-bond acceptors (Lipinski definition) is 5. The zero-order valence-corrected chi connectivity index (χ0v) is 12.9. The lowest BCUT2D eigenvalue weighted by Crippen LogP contribution is -2.04. The summed E-state index contributed by atoms with van der Waals surface area (Å²) in [6.07, 6.45) is 0. The molecule has 0 atom stereocenters. The van der Waals surface area contributed by atoms with Crippen molar-refractivity contribution in [3.63, 3.8) is 0 Å². The molecular formula is C12H14BrN3OS. The Labute approximate surface area is 119 Å². The van der Waals surface area contributed by atoms with Gasteiger partial charge in [-0.05, 0) is 44.2 Å². The Hall–Kier alpha value is -0.980. The topological polar surface area (TPSA) is 47.0 Å². The number of aryl methyl sites for hydroxylation is 2. The fourth-order valence-electron chi connectivity index (χ4n) is 1.57. The molecule has 1 aromatic carbocycles. The smallest absolute Gasteiger partial charge is 0.299 e. The summed E-state index contributed by atoms with van der Waals surface area (Å²) in [5.41, 5.74) is 2.29. The maximum absolute atomic E-state index is 5.72. The highest BCUT2D eigenvalue weighted by Crippen LogP contribution is 2.30. The van der Waals surface area contributed by atoms with E-state index in [1.165, 1.54) is 11.3 Å². The SMILES string of the molecule is CNCc1nnc(Oc2cc(C)c(Br)c(C)c2)s1. The van der Waals surface area contributed by atoms with Crippen LogP contribution in [0, 0.1) is 13.8 Å². The van der Waals surface area contributed by atoms with Gasteiger partial charge in [0.25, 0.3) is 5.19 Å². The average molecular weight is 328 g/mol. The molecule has 18 heavy (non-hydrogen) atoms. The standard InChI is InChI=1S/C12H14BrN3OS/c1-7-4-9(5-8(2)11(7)13)17-12-16-15-10(18-12)6-14-3/h4-5,14H,6H2,1-3H3. The minimum atomic E-state index is 0.571. The Balaban J connectivity index is 2.17. The van der Waals surface area contributed by atoms with Gasteiger partial charge >= 0.3 is 0 Å². The molecule has 2 aromatic rings. The number of nitrogens with zero attached hydrogens (tertiary/aromatic N) is 2. The monoisotopic (exact) mass is 327 g/mol. The van der Waals surface area contributed by atoms with E-state index in [2.05, 4.69) is 31.4 Å². The van der Waals surface area contributed by atoms with E-state index < -0.39 is 0 Å². The molecule has 1 heterocycles. The van der Waals surface area contributed by atoms with Crippen LogP contribution in [-0.4, -0.2) is 17.2 Å². The number of hydrogen-bond donors (Lipinski definition) is 1. The van der Waals surface area contributed by atoms with Crippen molar-refractivity contribution < 1.29 is 4.74 Å². The van der Waals surface area contributed by atoms with E-state index in [0.29, 0.717) is 11.7 Å². The number of aromatic nitrogens is 2. The molecule has 2 rings (SSSR count). The molecule has 0 radical (unpaired) electrons. The molecule has 0 aliphatic carbocycles. The Kier molecular flexibility index (Phi) is 4.31.